The number of hydrogen-bond acceptors (Lipinski definition) is 3. The molecule has 0 saturated heterocycles. The van der Waals surface area contributed by atoms with Crippen LogP contribution < -0.4 is 15.7 Å². The van der Waals surface area contributed by atoms with Crippen LogP contribution in [0.4, 0.5) is 5.69 Å². The SMILES string of the molecule is COc1ccc(NC(=O)CCn2c(=O)n(C)c3ccccc32)cc1. The van der Waals surface area contributed by atoms with Gasteiger partial charge in [0, 0.05) is 25.7 Å². The van der Waals surface area contributed by atoms with Crippen LogP contribution in [0.15, 0.2) is 53.3 Å². The minimum Gasteiger partial charge on any atom is -0.497 e. The number of carbonyl (C=O) groups is 1. The van der Waals surface area contributed by atoms with E-state index in [4.69, 9.17) is 4.74 Å². The summed E-state index contributed by atoms with van der Waals surface area (Å²) >= 11 is 0. The van der Waals surface area contributed by atoms with E-state index in [1.165, 1.54) is 0 Å². The molecule has 124 valence electrons. The summed E-state index contributed by atoms with van der Waals surface area (Å²) in [5.41, 5.74) is 2.28. The zero-order valence-electron chi connectivity index (χ0n) is 13.7. The molecule has 0 fully saturated rings. The van der Waals surface area contributed by atoms with Crippen molar-refractivity contribution in [2.24, 2.45) is 7.05 Å². The maximum absolute atomic E-state index is 12.3. The Morgan fingerprint density at radius 1 is 1.08 bits per heavy atom. The third-order valence-corrected chi connectivity index (χ3v) is 3.99. The fourth-order valence-electron chi connectivity index (χ4n) is 2.69. The highest BCUT2D eigenvalue weighted by molar-refractivity contribution is 5.90. The number of amides is 1. The zero-order valence-corrected chi connectivity index (χ0v) is 13.7. The molecule has 6 nitrogen and oxygen atoms in total. The second kappa shape index (κ2) is 6.62. The van der Waals surface area contributed by atoms with E-state index in [9.17, 15) is 9.59 Å². The van der Waals surface area contributed by atoms with E-state index in [0.717, 1.165) is 16.8 Å². The Labute approximate surface area is 139 Å². The average Bonchev–Trinajstić information content (AvgIpc) is 2.85. The van der Waals surface area contributed by atoms with E-state index in [2.05, 4.69) is 5.32 Å². The van der Waals surface area contributed by atoms with Crippen molar-refractivity contribution >= 4 is 22.6 Å². The molecule has 6 heteroatoms. The van der Waals surface area contributed by atoms with Gasteiger partial charge in [-0.05, 0) is 36.4 Å². The number of methoxy groups -OCH3 is 1. The van der Waals surface area contributed by atoms with Crippen molar-refractivity contribution in [2.45, 2.75) is 13.0 Å². The summed E-state index contributed by atoms with van der Waals surface area (Å²) < 4.78 is 8.30. The number of fused-ring (bicyclic) bond motifs is 1. The molecule has 3 rings (SSSR count). The van der Waals surface area contributed by atoms with Crippen LogP contribution in [0.1, 0.15) is 6.42 Å². The summed E-state index contributed by atoms with van der Waals surface area (Å²) in [6.45, 7) is 0.335. The Hall–Kier alpha value is -3.02. The second-order valence-electron chi connectivity index (χ2n) is 5.51. The summed E-state index contributed by atoms with van der Waals surface area (Å²) in [6.07, 6.45) is 0.222. The molecule has 2 aromatic carbocycles. The Morgan fingerprint density at radius 3 is 2.42 bits per heavy atom. The number of para-hydroxylation sites is 2. The number of aryl methyl sites for hydroxylation is 2. The van der Waals surface area contributed by atoms with Crippen molar-refractivity contribution in [1.82, 2.24) is 9.13 Å². The molecule has 1 N–H and O–H groups in total. The Bertz CT molecular complexity index is 923. The minimum atomic E-state index is -0.139. The van der Waals surface area contributed by atoms with Gasteiger partial charge < -0.3 is 10.1 Å². The van der Waals surface area contributed by atoms with E-state index in [1.54, 1.807) is 47.6 Å². The lowest BCUT2D eigenvalue weighted by Crippen LogP contribution is -2.24. The molecule has 0 unspecified atom stereocenters. The summed E-state index contributed by atoms with van der Waals surface area (Å²) in [6, 6.07) is 14.7. The first-order chi connectivity index (χ1) is 11.6. The number of imidazole rings is 1. The Morgan fingerprint density at radius 2 is 1.75 bits per heavy atom. The molecule has 0 spiro atoms. The normalized spacial score (nSPS) is 10.8. The van der Waals surface area contributed by atoms with Crippen LogP contribution in [0.25, 0.3) is 11.0 Å². The molecule has 24 heavy (non-hydrogen) atoms. The van der Waals surface area contributed by atoms with E-state index >= 15 is 0 Å². The Balaban J connectivity index is 1.70. The summed E-state index contributed by atoms with van der Waals surface area (Å²) in [7, 11) is 3.33. The number of nitrogens with zero attached hydrogens (tertiary/aromatic N) is 2. The molecule has 0 radical (unpaired) electrons. The highest BCUT2D eigenvalue weighted by Crippen LogP contribution is 2.16. The third-order valence-electron chi connectivity index (χ3n) is 3.99. The van der Waals surface area contributed by atoms with Crippen LogP contribution in [0, 0.1) is 0 Å². The van der Waals surface area contributed by atoms with Crippen molar-refractivity contribution in [1.29, 1.82) is 0 Å². The monoisotopic (exact) mass is 325 g/mol. The number of ether oxygens (including phenoxy) is 1. The van der Waals surface area contributed by atoms with E-state index in [0.29, 0.717) is 12.2 Å². The first-order valence-electron chi connectivity index (χ1n) is 7.68. The number of benzene rings is 2. The van der Waals surface area contributed by atoms with Crippen molar-refractivity contribution in [3.8, 4) is 5.75 Å². The van der Waals surface area contributed by atoms with Crippen LogP contribution >= 0.6 is 0 Å². The summed E-state index contributed by atoms with van der Waals surface area (Å²) in [5, 5.41) is 2.82. The fraction of sp³-hybridized carbons (Fsp3) is 0.222. The number of anilines is 1. The standard InChI is InChI=1S/C18H19N3O3/c1-20-15-5-3-4-6-16(15)21(18(20)23)12-11-17(22)19-13-7-9-14(24-2)10-8-13/h3-10H,11-12H2,1-2H3,(H,19,22). The van der Waals surface area contributed by atoms with Gasteiger partial charge in [0.2, 0.25) is 5.91 Å². The van der Waals surface area contributed by atoms with Gasteiger partial charge >= 0.3 is 5.69 Å². The number of rotatable bonds is 5. The van der Waals surface area contributed by atoms with Gasteiger partial charge in [0.1, 0.15) is 5.75 Å². The van der Waals surface area contributed by atoms with Crippen LogP contribution in [-0.2, 0) is 18.4 Å². The van der Waals surface area contributed by atoms with Crippen LogP contribution in [0.5, 0.6) is 5.75 Å². The second-order valence-corrected chi connectivity index (χ2v) is 5.51. The molecule has 0 atom stereocenters. The fourth-order valence-corrected chi connectivity index (χ4v) is 2.69. The first-order valence-corrected chi connectivity index (χ1v) is 7.68. The van der Waals surface area contributed by atoms with E-state index in [-0.39, 0.29) is 18.0 Å². The maximum atomic E-state index is 12.3. The molecule has 0 saturated carbocycles. The molecule has 1 heterocycles. The molecule has 0 aliphatic carbocycles. The molecule has 3 aromatic rings. The molecular weight excluding hydrogens is 306 g/mol. The lowest BCUT2D eigenvalue weighted by molar-refractivity contribution is -0.116. The number of aromatic nitrogens is 2. The van der Waals surface area contributed by atoms with Gasteiger partial charge in [-0.2, -0.15) is 0 Å². The lowest BCUT2D eigenvalue weighted by atomic mass is 10.3. The highest BCUT2D eigenvalue weighted by Gasteiger charge is 2.11. The number of hydrogen-bond donors (Lipinski definition) is 1. The predicted octanol–water partition coefficient (Wildman–Crippen LogP) is 2.38. The van der Waals surface area contributed by atoms with Crippen LogP contribution in [0.3, 0.4) is 0 Å². The Kier molecular flexibility index (Phi) is 4.37. The predicted molar refractivity (Wildman–Crippen MR) is 93.4 cm³/mol. The van der Waals surface area contributed by atoms with Crippen molar-refractivity contribution < 1.29 is 9.53 Å². The number of carbonyl (C=O) groups excluding carboxylic acids is 1. The highest BCUT2D eigenvalue weighted by atomic mass is 16.5. The molecule has 0 aliphatic rings. The van der Waals surface area contributed by atoms with Crippen molar-refractivity contribution in [3.05, 3.63) is 59.0 Å². The van der Waals surface area contributed by atoms with Gasteiger partial charge in [0.15, 0.2) is 0 Å². The zero-order chi connectivity index (χ0) is 17.1. The lowest BCUT2D eigenvalue weighted by Gasteiger charge is -2.07. The summed E-state index contributed by atoms with van der Waals surface area (Å²) in [4.78, 5) is 24.4. The molecular formula is C18H19N3O3. The van der Waals surface area contributed by atoms with Crippen LogP contribution in [-0.4, -0.2) is 22.2 Å². The van der Waals surface area contributed by atoms with Gasteiger partial charge in [0.05, 0.1) is 18.1 Å². The molecule has 1 amide bonds. The minimum absolute atomic E-state index is 0.117. The third kappa shape index (κ3) is 3.03. The smallest absolute Gasteiger partial charge is 0.328 e. The average molecular weight is 325 g/mol. The van der Waals surface area contributed by atoms with E-state index < -0.39 is 0 Å². The molecule has 0 aliphatic heterocycles. The topological polar surface area (TPSA) is 65.3 Å². The molecule has 0 bridgehead atoms. The van der Waals surface area contributed by atoms with Crippen LogP contribution in [0.2, 0.25) is 0 Å². The van der Waals surface area contributed by atoms with Gasteiger partial charge in [0.25, 0.3) is 0 Å². The van der Waals surface area contributed by atoms with Gasteiger partial charge in [-0.1, -0.05) is 12.1 Å². The number of nitrogens with one attached hydrogen (secondary N) is 1. The van der Waals surface area contributed by atoms with Gasteiger partial charge in [-0.25, -0.2) is 4.79 Å². The largest absolute Gasteiger partial charge is 0.497 e. The first kappa shape index (κ1) is 15.9. The summed E-state index contributed by atoms with van der Waals surface area (Å²) in [5.74, 6) is 0.593. The van der Waals surface area contributed by atoms with Crippen molar-refractivity contribution in [2.75, 3.05) is 12.4 Å². The van der Waals surface area contributed by atoms with Gasteiger partial charge in [-0.15, -0.1) is 0 Å². The van der Waals surface area contributed by atoms with Gasteiger partial charge in [-0.3, -0.25) is 13.9 Å². The van der Waals surface area contributed by atoms with E-state index in [1.807, 2.05) is 24.3 Å². The maximum Gasteiger partial charge on any atom is 0.328 e. The molecule has 1 aromatic heterocycles. The van der Waals surface area contributed by atoms with Crippen molar-refractivity contribution in [3.63, 3.8) is 0 Å². The quantitative estimate of drug-likeness (QED) is 0.783.